The Labute approximate surface area is 128 Å². The predicted molar refractivity (Wildman–Crippen MR) is 79.6 cm³/mol. The number of sulfone groups is 1. The van der Waals surface area contributed by atoms with E-state index in [9.17, 15) is 23.3 Å². The van der Waals surface area contributed by atoms with Crippen molar-refractivity contribution in [2.45, 2.75) is 43.8 Å². The summed E-state index contributed by atoms with van der Waals surface area (Å²) in [5.41, 5.74) is -0.270. The highest BCUT2D eigenvalue weighted by molar-refractivity contribution is 7.92. The largest absolute Gasteiger partial charge is 0.288 e. The van der Waals surface area contributed by atoms with E-state index >= 15 is 0 Å². The minimum Gasteiger partial charge on any atom is -0.276 e. The molecule has 0 fully saturated rings. The van der Waals surface area contributed by atoms with Crippen molar-refractivity contribution in [3.8, 4) is 0 Å². The molecule has 0 spiro atoms. The molecule has 21 heavy (non-hydrogen) atoms. The smallest absolute Gasteiger partial charge is 0.276 e. The van der Waals surface area contributed by atoms with Gasteiger partial charge in [0.25, 0.3) is 10.9 Å². The molecule has 1 aromatic rings. The van der Waals surface area contributed by atoms with Gasteiger partial charge in [-0.1, -0.05) is 13.8 Å². The van der Waals surface area contributed by atoms with E-state index in [2.05, 4.69) is 0 Å². The highest BCUT2D eigenvalue weighted by Crippen LogP contribution is 2.32. The molecule has 1 rings (SSSR count). The van der Waals surface area contributed by atoms with Gasteiger partial charge >= 0.3 is 0 Å². The molecule has 0 saturated heterocycles. The molecule has 1 aromatic carbocycles. The Kier molecular flexibility index (Phi) is 5.47. The first-order chi connectivity index (χ1) is 9.66. The average Bonchev–Trinajstić information content (AvgIpc) is 2.44. The van der Waals surface area contributed by atoms with Gasteiger partial charge in [0.05, 0.1) is 10.2 Å². The van der Waals surface area contributed by atoms with Crippen LogP contribution in [0.2, 0.25) is 0 Å². The number of hydrogen-bond donors (Lipinski definition) is 0. The average molecular weight is 334 g/mol. The summed E-state index contributed by atoms with van der Waals surface area (Å²) in [5.74, 6) is 0. The van der Waals surface area contributed by atoms with E-state index < -0.39 is 30.9 Å². The SMILES string of the molecule is CCc1cc(S(=O)(=O)C(C)CC)c([N+](=O)[O-])cc1C(=O)Cl. The van der Waals surface area contributed by atoms with Crippen molar-refractivity contribution in [3.63, 3.8) is 0 Å². The van der Waals surface area contributed by atoms with Crippen molar-refractivity contribution in [3.05, 3.63) is 33.4 Å². The molecule has 0 aliphatic carbocycles. The molecule has 0 aliphatic heterocycles. The number of rotatable bonds is 6. The summed E-state index contributed by atoms with van der Waals surface area (Å²) < 4.78 is 24.8. The lowest BCUT2D eigenvalue weighted by molar-refractivity contribution is -0.387. The minimum atomic E-state index is -3.84. The number of nitro groups is 1. The number of aryl methyl sites for hydroxylation is 1. The Balaban J connectivity index is 3.74. The molecule has 8 heteroatoms. The van der Waals surface area contributed by atoms with E-state index in [0.717, 1.165) is 6.07 Å². The van der Waals surface area contributed by atoms with Gasteiger partial charge in [-0.2, -0.15) is 0 Å². The van der Waals surface area contributed by atoms with Gasteiger partial charge in [0.15, 0.2) is 9.84 Å². The molecule has 1 atom stereocenters. The third kappa shape index (κ3) is 3.41. The summed E-state index contributed by atoms with van der Waals surface area (Å²) in [7, 11) is -3.84. The third-order valence-electron chi connectivity index (χ3n) is 3.39. The predicted octanol–water partition coefficient (Wildman–Crippen LogP) is 3.11. The molecule has 0 amide bonds. The van der Waals surface area contributed by atoms with Gasteiger partial charge < -0.3 is 0 Å². The highest BCUT2D eigenvalue weighted by Gasteiger charge is 2.32. The van der Waals surface area contributed by atoms with E-state index in [1.54, 1.807) is 13.8 Å². The summed E-state index contributed by atoms with van der Waals surface area (Å²) in [4.78, 5) is 21.3. The van der Waals surface area contributed by atoms with Crippen LogP contribution in [0.15, 0.2) is 17.0 Å². The van der Waals surface area contributed by atoms with Crippen LogP contribution in [-0.2, 0) is 16.3 Å². The van der Waals surface area contributed by atoms with E-state index in [-0.39, 0.29) is 10.5 Å². The van der Waals surface area contributed by atoms with Gasteiger partial charge in [-0.15, -0.1) is 0 Å². The minimum absolute atomic E-state index is 0.0334. The topological polar surface area (TPSA) is 94.3 Å². The van der Waals surface area contributed by atoms with Gasteiger partial charge in [0.2, 0.25) is 0 Å². The van der Waals surface area contributed by atoms with Crippen LogP contribution in [0.5, 0.6) is 0 Å². The molecular formula is C13H16ClNO5S. The van der Waals surface area contributed by atoms with Crippen molar-refractivity contribution in [2.75, 3.05) is 0 Å². The number of halogens is 1. The number of hydrogen-bond acceptors (Lipinski definition) is 5. The lowest BCUT2D eigenvalue weighted by Gasteiger charge is -2.13. The van der Waals surface area contributed by atoms with Crippen LogP contribution in [0.25, 0.3) is 0 Å². The van der Waals surface area contributed by atoms with Crippen LogP contribution < -0.4 is 0 Å². The summed E-state index contributed by atoms with van der Waals surface area (Å²) >= 11 is 5.41. The molecule has 0 bridgehead atoms. The molecule has 0 aromatic heterocycles. The van der Waals surface area contributed by atoms with E-state index in [0.29, 0.717) is 18.4 Å². The standard InChI is InChI=1S/C13H16ClNO5S/c1-4-8(3)21(19,20)12-6-9(5-2)10(13(14)16)7-11(12)15(17)18/h6-8H,4-5H2,1-3H3. The maximum Gasteiger partial charge on any atom is 0.288 e. The van der Waals surface area contributed by atoms with E-state index in [1.807, 2.05) is 0 Å². The number of nitrogens with zero attached hydrogens (tertiary/aromatic N) is 1. The Bertz CT molecular complexity index is 684. The van der Waals surface area contributed by atoms with Crippen molar-refractivity contribution in [1.82, 2.24) is 0 Å². The maximum absolute atomic E-state index is 12.4. The summed E-state index contributed by atoms with van der Waals surface area (Å²) in [5, 5.41) is 9.54. The molecule has 0 radical (unpaired) electrons. The number of carbonyl (C=O) groups excluding carboxylic acids is 1. The Morgan fingerprint density at radius 3 is 2.33 bits per heavy atom. The zero-order chi connectivity index (χ0) is 16.4. The monoisotopic (exact) mass is 333 g/mol. The molecule has 116 valence electrons. The zero-order valence-electron chi connectivity index (χ0n) is 11.9. The van der Waals surface area contributed by atoms with E-state index in [4.69, 9.17) is 11.6 Å². The second-order valence-electron chi connectivity index (χ2n) is 4.63. The lowest BCUT2D eigenvalue weighted by atomic mass is 10.1. The number of carbonyl (C=O) groups is 1. The third-order valence-corrected chi connectivity index (χ3v) is 5.92. The zero-order valence-corrected chi connectivity index (χ0v) is 13.5. The normalized spacial score (nSPS) is 13.0. The quantitative estimate of drug-likeness (QED) is 0.453. The van der Waals surface area contributed by atoms with Crippen molar-refractivity contribution in [2.24, 2.45) is 0 Å². The number of benzene rings is 1. The first-order valence-electron chi connectivity index (χ1n) is 6.41. The van der Waals surface area contributed by atoms with Crippen LogP contribution in [0.1, 0.15) is 43.1 Å². The summed E-state index contributed by atoms with van der Waals surface area (Å²) in [6, 6.07) is 2.14. The molecular weight excluding hydrogens is 318 g/mol. The van der Waals surface area contributed by atoms with Crippen LogP contribution in [0.4, 0.5) is 5.69 Å². The summed E-state index contributed by atoms with van der Waals surface area (Å²) in [6.45, 7) is 4.89. The van der Waals surface area contributed by atoms with Crippen molar-refractivity contribution in [1.29, 1.82) is 0 Å². The van der Waals surface area contributed by atoms with Gasteiger partial charge in [-0.05, 0) is 43.0 Å². The molecule has 0 N–H and O–H groups in total. The lowest BCUT2D eigenvalue weighted by Crippen LogP contribution is -2.19. The van der Waals surface area contributed by atoms with Gasteiger partial charge in [-0.25, -0.2) is 8.42 Å². The fourth-order valence-corrected chi connectivity index (χ4v) is 3.67. The molecule has 0 saturated carbocycles. The Hall–Kier alpha value is -1.47. The van der Waals surface area contributed by atoms with E-state index in [1.165, 1.54) is 13.0 Å². The van der Waals surface area contributed by atoms with Crippen molar-refractivity contribution >= 4 is 32.4 Å². The van der Waals surface area contributed by atoms with Gasteiger partial charge in [-0.3, -0.25) is 14.9 Å². The van der Waals surface area contributed by atoms with Crippen LogP contribution in [-0.4, -0.2) is 23.8 Å². The highest BCUT2D eigenvalue weighted by atomic mass is 35.5. The second-order valence-corrected chi connectivity index (χ2v) is 7.30. The molecule has 0 aliphatic rings. The first-order valence-corrected chi connectivity index (χ1v) is 8.34. The van der Waals surface area contributed by atoms with Crippen molar-refractivity contribution < 1.29 is 18.1 Å². The molecule has 1 unspecified atom stereocenters. The number of nitro benzene ring substituents is 1. The molecule has 6 nitrogen and oxygen atoms in total. The Morgan fingerprint density at radius 1 is 1.38 bits per heavy atom. The summed E-state index contributed by atoms with van der Waals surface area (Å²) in [6.07, 6.45) is 0.673. The maximum atomic E-state index is 12.4. The molecule has 0 heterocycles. The Morgan fingerprint density at radius 2 is 1.95 bits per heavy atom. The van der Waals surface area contributed by atoms with Gasteiger partial charge in [0.1, 0.15) is 4.90 Å². The second kappa shape index (κ2) is 6.53. The van der Waals surface area contributed by atoms with Crippen LogP contribution in [0.3, 0.4) is 0 Å². The van der Waals surface area contributed by atoms with Crippen LogP contribution in [0, 0.1) is 10.1 Å². The van der Waals surface area contributed by atoms with Gasteiger partial charge in [0, 0.05) is 11.6 Å². The fourth-order valence-electron chi connectivity index (χ4n) is 1.89. The van der Waals surface area contributed by atoms with Crippen LogP contribution >= 0.6 is 11.6 Å². The first kappa shape index (κ1) is 17.6. The fraction of sp³-hybridized carbons (Fsp3) is 0.462.